The number of fused-ring (bicyclic) bond motifs is 1. The van der Waals surface area contributed by atoms with E-state index in [0.717, 1.165) is 54.0 Å². The Balaban J connectivity index is 1.66. The predicted molar refractivity (Wildman–Crippen MR) is 123 cm³/mol. The maximum atomic E-state index is 12.9. The van der Waals surface area contributed by atoms with Crippen LogP contribution in [0.1, 0.15) is 66.3 Å². The summed E-state index contributed by atoms with van der Waals surface area (Å²) in [6.07, 6.45) is 8.79. The van der Waals surface area contributed by atoms with Gasteiger partial charge >= 0.3 is 5.97 Å². The summed E-state index contributed by atoms with van der Waals surface area (Å²) in [5.41, 5.74) is 4.67. The predicted octanol–water partition coefficient (Wildman–Crippen LogP) is 5.94. The average Bonchev–Trinajstić information content (AvgIpc) is 3.05. The molecule has 0 aliphatic heterocycles. The van der Waals surface area contributed by atoms with Gasteiger partial charge in [-0.15, -0.1) is 0 Å². The second-order valence-electron chi connectivity index (χ2n) is 8.31. The number of benzene rings is 1. The summed E-state index contributed by atoms with van der Waals surface area (Å²) in [7, 11) is 0. The largest absolute Gasteiger partial charge is 0.481 e. The summed E-state index contributed by atoms with van der Waals surface area (Å²) in [5, 5.41) is 9.75. The van der Waals surface area contributed by atoms with Gasteiger partial charge in [0, 0.05) is 41.5 Å². The molecule has 0 fully saturated rings. The number of carboxylic acid groups (broad SMARTS) is 1. The van der Waals surface area contributed by atoms with Crippen LogP contribution in [0.15, 0.2) is 42.7 Å². The first-order valence-electron chi connectivity index (χ1n) is 10.8. The Morgan fingerprint density at radius 3 is 2.65 bits per heavy atom. The molecule has 2 aromatic heterocycles. The van der Waals surface area contributed by atoms with Crippen molar-refractivity contribution in [2.24, 2.45) is 5.92 Å². The summed E-state index contributed by atoms with van der Waals surface area (Å²) < 4.78 is 2.02. The van der Waals surface area contributed by atoms with Crippen molar-refractivity contribution in [2.45, 2.75) is 58.8 Å². The molecule has 0 spiro atoms. The van der Waals surface area contributed by atoms with Gasteiger partial charge in [-0.2, -0.15) is 0 Å². The number of hydrogen-bond acceptors (Lipinski definition) is 3. The molecule has 1 atom stereocenters. The summed E-state index contributed by atoms with van der Waals surface area (Å²) in [5.74, 6) is -1.10. The second kappa shape index (κ2) is 10.6. The Hall–Kier alpha value is -2.66. The van der Waals surface area contributed by atoms with E-state index in [1.165, 1.54) is 5.56 Å². The van der Waals surface area contributed by atoms with E-state index in [-0.39, 0.29) is 24.5 Å². The zero-order valence-corrected chi connectivity index (χ0v) is 18.9. The molecule has 3 rings (SSSR count). The topological polar surface area (TPSA) is 71.7 Å². The number of aromatic nitrogens is 2. The van der Waals surface area contributed by atoms with E-state index in [2.05, 4.69) is 11.1 Å². The van der Waals surface area contributed by atoms with Crippen molar-refractivity contribution in [1.29, 1.82) is 0 Å². The molecular formula is C25H29ClN2O3. The number of halogens is 1. The minimum Gasteiger partial charge on any atom is -0.481 e. The number of carbonyl (C=O) groups excluding carboxylic acids is 1. The van der Waals surface area contributed by atoms with Crippen LogP contribution < -0.4 is 0 Å². The Kier molecular flexibility index (Phi) is 7.85. The average molecular weight is 441 g/mol. The van der Waals surface area contributed by atoms with Crippen molar-refractivity contribution < 1.29 is 14.7 Å². The van der Waals surface area contributed by atoms with Crippen molar-refractivity contribution in [3.63, 3.8) is 0 Å². The zero-order chi connectivity index (χ0) is 22.4. The molecule has 6 heteroatoms. The van der Waals surface area contributed by atoms with Crippen LogP contribution in [0.4, 0.5) is 0 Å². The molecule has 1 N–H and O–H groups in total. The standard InChI is InChI=1S/C25H29ClN2O3/c1-17(14-24(30)31)13-23(29)21-15-18(2)28-12-11-27-22(25(21)28)10-5-3-4-7-19-8-6-9-20(26)16-19/h6,8-9,11-12,15-17H,3-5,7,10,13-14H2,1-2H3,(H,30,31)/t17-/m0/s1. The van der Waals surface area contributed by atoms with E-state index < -0.39 is 5.97 Å². The summed E-state index contributed by atoms with van der Waals surface area (Å²) >= 11 is 6.05. The van der Waals surface area contributed by atoms with Crippen molar-refractivity contribution in [2.75, 3.05) is 0 Å². The highest BCUT2D eigenvalue weighted by molar-refractivity contribution is 6.30. The number of carboxylic acids is 1. The van der Waals surface area contributed by atoms with Gasteiger partial charge in [-0.1, -0.05) is 37.1 Å². The Morgan fingerprint density at radius 1 is 1.13 bits per heavy atom. The lowest BCUT2D eigenvalue weighted by Gasteiger charge is -2.09. The van der Waals surface area contributed by atoms with Crippen LogP contribution in [0.5, 0.6) is 0 Å². The summed E-state index contributed by atoms with van der Waals surface area (Å²) in [6, 6.07) is 9.87. The molecule has 0 unspecified atom stereocenters. The highest BCUT2D eigenvalue weighted by Gasteiger charge is 2.20. The first kappa shape index (κ1) is 23.0. The van der Waals surface area contributed by atoms with Crippen LogP contribution in [-0.4, -0.2) is 26.2 Å². The SMILES string of the molecule is Cc1cc(C(=O)C[C@H](C)CC(=O)O)c2c(CCCCCc3cccc(Cl)c3)nccn12. The molecule has 0 aliphatic carbocycles. The van der Waals surface area contributed by atoms with Crippen LogP contribution in [0, 0.1) is 12.8 Å². The zero-order valence-electron chi connectivity index (χ0n) is 18.1. The molecule has 2 heterocycles. The van der Waals surface area contributed by atoms with Crippen molar-refractivity contribution in [1.82, 2.24) is 9.38 Å². The molecule has 0 bridgehead atoms. The number of carbonyl (C=O) groups is 2. The van der Waals surface area contributed by atoms with Gasteiger partial charge in [0.25, 0.3) is 0 Å². The van der Waals surface area contributed by atoms with Crippen LogP contribution in [0.25, 0.3) is 5.52 Å². The lowest BCUT2D eigenvalue weighted by molar-refractivity contribution is -0.137. The van der Waals surface area contributed by atoms with Crippen molar-refractivity contribution in [3.05, 3.63) is 70.3 Å². The van der Waals surface area contributed by atoms with Crippen LogP contribution in [0.3, 0.4) is 0 Å². The fourth-order valence-corrected chi connectivity index (χ4v) is 4.29. The molecule has 31 heavy (non-hydrogen) atoms. The summed E-state index contributed by atoms with van der Waals surface area (Å²) in [4.78, 5) is 28.5. The third-order valence-corrected chi connectivity index (χ3v) is 5.81. The molecule has 3 aromatic rings. The van der Waals surface area contributed by atoms with Crippen LogP contribution in [0.2, 0.25) is 5.02 Å². The van der Waals surface area contributed by atoms with Gasteiger partial charge in [-0.25, -0.2) is 0 Å². The molecule has 0 aliphatic rings. The number of ketones is 1. The van der Waals surface area contributed by atoms with Gasteiger partial charge in [0.1, 0.15) is 0 Å². The Labute approximate surface area is 188 Å². The van der Waals surface area contributed by atoms with E-state index in [1.54, 1.807) is 13.1 Å². The van der Waals surface area contributed by atoms with Crippen LogP contribution >= 0.6 is 11.6 Å². The van der Waals surface area contributed by atoms with Gasteiger partial charge in [0.05, 0.1) is 11.2 Å². The molecule has 0 amide bonds. The van der Waals surface area contributed by atoms with E-state index in [0.29, 0.717) is 5.56 Å². The number of hydrogen-bond donors (Lipinski definition) is 1. The molecule has 1 aromatic carbocycles. The second-order valence-corrected chi connectivity index (χ2v) is 8.75. The highest BCUT2D eigenvalue weighted by atomic mass is 35.5. The molecule has 5 nitrogen and oxygen atoms in total. The molecular weight excluding hydrogens is 412 g/mol. The fraction of sp³-hybridized carbons (Fsp3) is 0.400. The quantitative estimate of drug-likeness (QED) is 0.296. The van der Waals surface area contributed by atoms with Gasteiger partial charge in [0.15, 0.2) is 5.78 Å². The van der Waals surface area contributed by atoms with Gasteiger partial charge in [-0.3, -0.25) is 14.6 Å². The number of nitrogens with zero attached hydrogens (tertiary/aromatic N) is 2. The first-order chi connectivity index (χ1) is 14.8. The number of Topliss-reactive ketones (excluding diaryl/α,β-unsaturated/α-hetero) is 1. The minimum atomic E-state index is -0.877. The normalized spacial score (nSPS) is 12.2. The van der Waals surface area contributed by atoms with E-state index in [9.17, 15) is 9.59 Å². The first-order valence-corrected chi connectivity index (χ1v) is 11.2. The summed E-state index contributed by atoms with van der Waals surface area (Å²) in [6.45, 7) is 3.77. The van der Waals surface area contributed by atoms with Gasteiger partial charge in [-0.05, 0) is 62.3 Å². The number of rotatable bonds is 11. The van der Waals surface area contributed by atoms with E-state index >= 15 is 0 Å². The minimum absolute atomic E-state index is 0.00571. The maximum Gasteiger partial charge on any atom is 0.303 e. The molecule has 0 saturated heterocycles. The third-order valence-electron chi connectivity index (χ3n) is 5.57. The number of unbranched alkanes of at least 4 members (excludes halogenated alkanes) is 2. The highest BCUT2D eigenvalue weighted by Crippen LogP contribution is 2.24. The monoisotopic (exact) mass is 440 g/mol. The maximum absolute atomic E-state index is 12.9. The third kappa shape index (κ3) is 6.17. The Bertz CT molecular complexity index is 1070. The van der Waals surface area contributed by atoms with E-state index in [4.69, 9.17) is 16.7 Å². The van der Waals surface area contributed by atoms with Gasteiger partial charge in [0.2, 0.25) is 0 Å². The Morgan fingerprint density at radius 2 is 1.90 bits per heavy atom. The van der Waals surface area contributed by atoms with Crippen molar-refractivity contribution in [3.8, 4) is 0 Å². The molecule has 164 valence electrons. The van der Waals surface area contributed by atoms with Crippen molar-refractivity contribution >= 4 is 28.9 Å². The number of aliphatic carboxylic acids is 1. The fourth-order valence-electron chi connectivity index (χ4n) is 4.07. The molecule has 0 saturated carbocycles. The van der Waals surface area contributed by atoms with E-state index in [1.807, 2.05) is 41.8 Å². The number of aryl methyl sites for hydroxylation is 3. The van der Waals surface area contributed by atoms with Gasteiger partial charge < -0.3 is 9.51 Å². The molecule has 0 radical (unpaired) electrons. The van der Waals surface area contributed by atoms with Crippen LogP contribution in [-0.2, 0) is 17.6 Å². The lowest BCUT2D eigenvalue weighted by atomic mass is 9.96. The smallest absolute Gasteiger partial charge is 0.303 e. The lowest BCUT2D eigenvalue weighted by Crippen LogP contribution is -2.11.